The zero-order valence-electron chi connectivity index (χ0n) is 8.59. The molecule has 5 atom stereocenters. The summed E-state index contributed by atoms with van der Waals surface area (Å²) in [6.45, 7) is 6.03. The molecular formula is C12H19N. The maximum Gasteiger partial charge on any atom is 0.0254 e. The Morgan fingerprint density at radius 3 is 3.08 bits per heavy atom. The fraction of sp³-hybridized carbons (Fsp3) is 0.833. The Labute approximate surface area is 80.6 Å². The Hall–Kier alpha value is -0.300. The molecule has 0 aromatic heterocycles. The quantitative estimate of drug-likeness (QED) is 0.559. The predicted molar refractivity (Wildman–Crippen MR) is 54.4 cm³/mol. The van der Waals surface area contributed by atoms with Crippen LogP contribution in [0.4, 0.5) is 0 Å². The molecule has 2 fully saturated rings. The van der Waals surface area contributed by atoms with Gasteiger partial charge in [0, 0.05) is 6.04 Å². The van der Waals surface area contributed by atoms with Gasteiger partial charge < -0.3 is 5.32 Å². The maximum absolute atomic E-state index is 3.57. The van der Waals surface area contributed by atoms with Crippen LogP contribution in [0.15, 0.2) is 11.6 Å². The lowest BCUT2D eigenvalue weighted by molar-refractivity contribution is 0.272. The molecular weight excluding hydrogens is 158 g/mol. The van der Waals surface area contributed by atoms with Crippen molar-refractivity contribution in [2.45, 2.75) is 32.7 Å². The second-order valence-electron chi connectivity index (χ2n) is 5.16. The van der Waals surface area contributed by atoms with Crippen molar-refractivity contribution in [3.63, 3.8) is 0 Å². The Kier molecular flexibility index (Phi) is 1.61. The zero-order chi connectivity index (χ0) is 9.00. The van der Waals surface area contributed by atoms with Crippen LogP contribution in [0, 0.1) is 23.7 Å². The Balaban J connectivity index is 1.93. The van der Waals surface area contributed by atoms with Gasteiger partial charge in [0.15, 0.2) is 0 Å². The molecule has 1 saturated carbocycles. The molecule has 3 rings (SSSR count). The molecule has 72 valence electrons. The van der Waals surface area contributed by atoms with Crippen molar-refractivity contribution in [2.75, 3.05) is 6.54 Å². The van der Waals surface area contributed by atoms with Crippen molar-refractivity contribution >= 4 is 0 Å². The van der Waals surface area contributed by atoms with Crippen LogP contribution in [0.2, 0.25) is 0 Å². The summed E-state index contributed by atoms with van der Waals surface area (Å²) in [4.78, 5) is 0. The van der Waals surface area contributed by atoms with E-state index in [4.69, 9.17) is 0 Å². The van der Waals surface area contributed by atoms with Crippen molar-refractivity contribution in [3.05, 3.63) is 11.6 Å². The highest BCUT2D eigenvalue weighted by atomic mass is 14.9. The highest BCUT2D eigenvalue weighted by Crippen LogP contribution is 2.55. The highest BCUT2D eigenvalue weighted by molar-refractivity contribution is 5.26. The van der Waals surface area contributed by atoms with Crippen LogP contribution in [0.5, 0.6) is 0 Å². The van der Waals surface area contributed by atoms with Gasteiger partial charge in [-0.15, -0.1) is 0 Å². The summed E-state index contributed by atoms with van der Waals surface area (Å²) in [6.07, 6.45) is 5.45. The van der Waals surface area contributed by atoms with Gasteiger partial charge >= 0.3 is 0 Å². The van der Waals surface area contributed by atoms with E-state index in [1.54, 1.807) is 5.57 Å². The second-order valence-corrected chi connectivity index (χ2v) is 5.16. The molecule has 0 aromatic rings. The SMILES string of the molecule is CC1NCCC2C1=CC1CC1C2C. The molecule has 1 N–H and O–H groups in total. The Morgan fingerprint density at radius 1 is 1.38 bits per heavy atom. The van der Waals surface area contributed by atoms with Gasteiger partial charge in [0.05, 0.1) is 0 Å². The largest absolute Gasteiger partial charge is 0.310 e. The van der Waals surface area contributed by atoms with Gasteiger partial charge in [0.1, 0.15) is 0 Å². The number of fused-ring (bicyclic) bond motifs is 2. The molecule has 1 saturated heterocycles. The summed E-state index contributed by atoms with van der Waals surface area (Å²) >= 11 is 0. The summed E-state index contributed by atoms with van der Waals surface area (Å²) in [7, 11) is 0. The van der Waals surface area contributed by atoms with Crippen LogP contribution in [-0.2, 0) is 0 Å². The average molecular weight is 177 g/mol. The van der Waals surface area contributed by atoms with Crippen LogP contribution in [-0.4, -0.2) is 12.6 Å². The highest BCUT2D eigenvalue weighted by Gasteiger charge is 2.48. The molecule has 1 aliphatic heterocycles. The van der Waals surface area contributed by atoms with Crippen LogP contribution in [0.25, 0.3) is 0 Å². The molecule has 0 bridgehead atoms. The van der Waals surface area contributed by atoms with E-state index in [-0.39, 0.29) is 0 Å². The van der Waals surface area contributed by atoms with E-state index in [1.165, 1.54) is 19.4 Å². The van der Waals surface area contributed by atoms with Crippen molar-refractivity contribution < 1.29 is 0 Å². The van der Waals surface area contributed by atoms with E-state index in [2.05, 4.69) is 25.2 Å². The number of hydrogen-bond donors (Lipinski definition) is 1. The number of piperidine rings is 1. The van der Waals surface area contributed by atoms with E-state index in [1.807, 2.05) is 0 Å². The minimum absolute atomic E-state index is 0.655. The molecule has 0 amide bonds. The third-order valence-corrected chi connectivity index (χ3v) is 4.44. The predicted octanol–water partition coefficient (Wildman–Crippen LogP) is 2.20. The van der Waals surface area contributed by atoms with Gasteiger partial charge in [-0.1, -0.05) is 18.6 Å². The van der Waals surface area contributed by atoms with E-state index >= 15 is 0 Å². The van der Waals surface area contributed by atoms with Crippen molar-refractivity contribution in [2.24, 2.45) is 23.7 Å². The third kappa shape index (κ3) is 1.10. The van der Waals surface area contributed by atoms with Crippen LogP contribution < -0.4 is 5.32 Å². The molecule has 5 unspecified atom stereocenters. The van der Waals surface area contributed by atoms with Crippen molar-refractivity contribution in [1.29, 1.82) is 0 Å². The molecule has 1 heterocycles. The molecule has 0 radical (unpaired) electrons. The van der Waals surface area contributed by atoms with Gasteiger partial charge in [0.2, 0.25) is 0 Å². The number of nitrogens with one attached hydrogen (secondary N) is 1. The molecule has 13 heavy (non-hydrogen) atoms. The first kappa shape index (κ1) is 8.05. The van der Waals surface area contributed by atoms with Crippen molar-refractivity contribution in [1.82, 2.24) is 5.32 Å². The van der Waals surface area contributed by atoms with Gasteiger partial charge in [0.25, 0.3) is 0 Å². The van der Waals surface area contributed by atoms with Gasteiger partial charge in [-0.25, -0.2) is 0 Å². The molecule has 1 nitrogen and oxygen atoms in total. The number of rotatable bonds is 0. The van der Waals surface area contributed by atoms with E-state index < -0.39 is 0 Å². The fourth-order valence-corrected chi connectivity index (χ4v) is 3.47. The lowest BCUT2D eigenvalue weighted by atomic mass is 9.73. The minimum atomic E-state index is 0.655. The first-order valence-corrected chi connectivity index (χ1v) is 5.72. The number of allylic oxidation sites excluding steroid dienone is 1. The summed E-state index contributed by atoms with van der Waals surface area (Å²) in [5.74, 6) is 3.90. The first-order chi connectivity index (χ1) is 6.27. The monoisotopic (exact) mass is 177 g/mol. The minimum Gasteiger partial charge on any atom is -0.310 e. The van der Waals surface area contributed by atoms with Gasteiger partial charge in [-0.05, 0) is 50.0 Å². The number of hydrogen-bond acceptors (Lipinski definition) is 1. The van der Waals surface area contributed by atoms with Gasteiger partial charge in [-0.2, -0.15) is 0 Å². The molecule has 2 aliphatic carbocycles. The van der Waals surface area contributed by atoms with Crippen LogP contribution in [0.1, 0.15) is 26.7 Å². The topological polar surface area (TPSA) is 12.0 Å². The summed E-state index contributed by atoms with van der Waals surface area (Å²) < 4.78 is 0. The summed E-state index contributed by atoms with van der Waals surface area (Å²) in [6, 6.07) is 0.655. The summed E-state index contributed by atoms with van der Waals surface area (Å²) in [5, 5.41) is 3.57. The third-order valence-electron chi connectivity index (χ3n) is 4.44. The van der Waals surface area contributed by atoms with E-state index in [0.29, 0.717) is 6.04 Å². The molecule has 0 spiro atoms. The Bertz CT molecular complexity index is 256. The van der Waals surface area contributed by atoms with E-state index in [0.717, 1.165) is 23.7 Å². The fourth-order valence-electron chi connectivity index (χ4n) is 3.47. The summed E-state index contributed by atoms with van der Waals surface area (Å²) in [5.41, 5.74) is 1.73. The van der Waals surface area contributed by atoms with Crippen LogP contribution in [0.3, 0.4) is 0 Å². The molecule has 3 aliphatic rings. The Morgan fingerprint density at radius 2 is 2.23 bits per heavy atom. The van der Waals surface area contributed by atoms with Crippen molar-refractivity contribution in [3.8, 4) is 0 Å². The van der Waals surface area contributed by atoms with Gasteiger partial charge in [-0.3, -0.25) is 0 Å². The smallest absolute Gasteiger partial charge is 0.0254 e. The van der Waals surface area contributed by atoms with Crippen LogP contribution >= 0.6 is 0 Å². The molecule has 0 aromatic carbocycles. The second kappa shape index (κ2) is 2.60. The maximum atomic E-state index is 3.57. The zero-order valence-corrected chi connectivity index (χ0v) is 8.59. The lowest BCUT2D eigenvalue weighted by Gasteiger charge is -2.38. The average Bonchev–Trinajstić information content (AvgIpc) is 2.87. The molecule has 1 heteroatoms. The lowest BCUT2D eigenvalue weighted by Crippen LogP contribution is -2.42. The first-order valence-electron chi connectivity index (χ1n) is 5.72. The standard InChI is InChI=1S/C12H19N/c1-7-10-3-4-13-8(2)12(10)6-9-5-11(7)9/h6-11,13H,3-5H2,1-2H3. The normalized spacial score (nSPS) is 53.4. The van der Waals surface area contributed by atoms with E-state index in [9.17, 15) is 0 Å².